The summed E-state index contributed by atoms with van der Waals surface area (Å²) in [6.45, 7) is 3.35. The Bertz CT molecular complexity index is 394. The Kier molecular flexibility index (Phi) is 5.36. The van der Waals surface area contributed by atoms with Crippen LogP contribution < -0.4 is 11.3 Å². The molecule has 1 aromatic carbocycles. The number of benzene rings is 1. The summed E-state index contributed by atoms with van der Waals surface area (Å²) in [5, 5.41) is 0. The number of likely N-dealkylation sites (tertiary alicyclic amines) is 1. The highest BCUT2D eigenvalue weighted by Gasteiger charge is 2.09. The van der Waals surface area contributed by atoms with Gasteiger partial charge < -0.3 is 0 Å². The molecule has 1 aromatic rings. The molecule has 1 heterocycles. The van der Waals surface area contributed by atoms with Crippen molar-refractivity contribution in [2.75, 3.05) is 13.1 Å². The van der Waals surface area contributed by atoms with Gasteiger partial charge in [0.1, 0.15) is 0 Å². The van der Waals surface area contributed by atoms with Gasteiger partial charge in [0, 0.05) is 12.1 Å². The molecule has 0 saturated carbocycles. The maximum Gasteiger partial charge on any atom is 0.265 e. The molecular weight excluding hydrogens is 238 g/mol. The molecule has 2 rings (SSSR count). The smallest absolute Gasteiger partial charge is 0.265 e. The van der Waals surface area contributed by atoms with Crippen LogP contribution in [-0.4, -0.2) is 23.9 Å². The first-order valence-electron chi connectivity index (χ1n) is 7.12. The topological polar surface area (TPSA) is 58.4 Å². The zero-order valence-corrected chi connectivity index (χ0v) is 11.4. The summed E-state index contributed by atoms with van der Waals surface area (Å²) >= 11 is 0. The zero-order chi connectivity index (χ0) is 13.5. The van der Waals surface area contributed by atoms with Gasteiger partial charge in [-0.3, -0.25) is 15.1 Å². The Labute approximate surface area is 114 Å². The Morgan fingerprint density at radius 3 is 2.21 bits per heavy atom. The molecular formula is C15H23N3O. The quantitative estimate of drug-likeness (QED) is 0.497. The van der Waals surface area contributed by atoms with Gasteiger partial charge in [0.05, 0.1) is 0 Å². The van der Waals surface area contributed by atoms with E-state index in [1.807, 2.05) is 24.3 Å². The van der Waals surface area contributed by atoms with E-state index < -0.39 is 0 Å². The molecule has 1 saturated heterocycles. The average Bonchev–Trinajstić information content (AvgIpc) is 2.41. The van der Waals surface area contributed by atoms with E-state index in [0.717, 1.165) is 6.54 Å². The lowest BCUT2D eigenvalue weighted by Crippen LogP contribution is -2.30. The zero-order valence-electron chi connectivity index (χ0n) is 11.4. The van der Waals surface area contributed by atoms with E-state index in [-0.39, 0.29) is 5.91 Å². The minimum atomic E-state index is -0.238. The summed E-state index contributed by atoms with van der Waals surface area (Å²) in [6.07, 6.45) is 6.69. The second-order valence-corrected chi connectivity index (χ2v) is 5.21. The van der Waals surface area contributed by atoms with Crippen molar-refractivity contribution in [1.82, 2.24) is 10.3 Å². The molecule has 104 valence electrons. The molecule has 1 aliphatic heterocycles. The summed E-state index contributed by atoms with van der Waals surface area (Å²) in [7, 11) is 0. The second kappa shape index (κ2) is 7.26. The molecule has 0 aliphatic carbocycles. The summed E-state index contributed by atoms with van der Waals surface area (Å²) < 4.78 is 0. The summed E-state index contributed by atoms with van der Waals surface area (Å²) in [5.41, 5.74) is 4.02. The lowest BCUT2D eigenvalue weighted by Gasteiger charge is -2.24. The molecule has 0 atom stereocenters. The third-order valence-electron chi connectivity index (χ3n) is 3.70. The number of carbonyl (C=O) groups is 1. The van der Waals surface area contributed by atoms with Gasteiger partial charge in [0.15, 0.2) is 0 Å². The van der Waals surface area contributed by atoms with Crippen LogP contribution in [0.2, 0.25) is 0 Å². The normalized spacial score (nSPS) is 17.5. The van der Waals surface area contributed by atoms with E-state index >= 15 is 0 Å². The van der Waals surface area contributed by atoms with E-state index in [1.54, 1.807) is 0 Å². The van der Waals surface area contributed by atoms with Gasteiger partial charge in [-0.2, -0.15) is 0 Å². The predicted molar refractivity (Wildman–Crippen MR) is 76.5 cm³/mol. The SMILES string of the molecule is NNC(=O)c1ccc(CN2CCCCCCC2)cc1. The number of hydrogen-bond acceptors (Lipinski definition) is 3. The van der Waals surface area contributed by atoms with Crippen molar-refractivity contribution >= 4 is 5.91 Å². The summed E-state index contributed by atoms with van der Waals surface area (Å²) in [6, 6.07) is 7.70. The van der Waals surface area contributed by atoms with Gasteiger partial charge >= 0.3 is 0 Å². The van der Waals surface area contributed by atoms with Crippen LogP contribution in [0.15, 0.2) is 24.3 Å². The Balaban J connectivity index is 1.92. The van der Waals surface area contributed by atoms with Crippen LogP contribution in [0, 0.1) is 0 Å². The van der Waals surface area contributed by atoms with Crippen molar-refractivity contribution in [3.8, 4) is 0 Å². The highest BCUT2D eigenvalue weighted by Crippen LogP contribution is 2.14. The maximum absolute atomic E-state index is 11.4. The molecule has 0 bridgehead atoms. The molecule has 0 radical (unpaired) electrons. The van der Waals surface area contributed by atoms with Crippen molar-refractivity contribution in [1.29, 1.82) is 0 Å². The van der Waals surface area contributed by atoms with Crippen LogP contribution in [0.5, 0.6) is 0 Å². The number of amides is 1. The molecule has 1 amide bonds. The van der Waals surface area contributed by atoms with Gasteiger partial charge in [-0.05, 0) is 43.6 Å². The molecule has 0 spiro atoms. The highest BCUT2D eigenvalue weighted by molar-refractivity contribution is 5.93. The van der Waals surface area contributed by atoms with E-state index in [9.17, 15) is 4.79 Å². The monoisotopic (exact) mass is 261 g/mol. The average molecular weight is 261 g/mol. The van der Waals surface area contributed by atoms with Gasteiger partial charge in [0.25, 0.3) is 5.91 Å². The van der Waals surface area contributed by atoms with Crippen molar-refractivity contribution in [3.63, 3.8) is 0 Å². The highest BCUT2D eigenvalue weighted by atomic mass is 16.2. The molecule has 4 nitrogen and oxygen atoms in total. The molecule has 0 aromatic heterocycles. The maximum atomic E-state index is 11.4. The summed E-state index contributed by atoms with van der Waals surface area (Å²) in [4.78, 5) is 13.9. The van der Waals surface area contributed by atoms with Crippen LogP contribution in [0.4, 0.5) is 0 Å². The third-order valence-corrected chi connectivity index (χ3v) is 3.70. The lowest BCUT2D eigenvalue weighted by molar-refractivity contribution is 0.0953. The number of nitrogens with one attached hydrogen (secondary N) is 1. The van der Waals surface area contributed by atoms with Crippen LogP contribution in [-0.2, 0) is 6.54 Å². The third kappa shape index (κ3) is 4.33. The minimum absolute atomic E-state index is 0.238. The van der Waals surface area contributed by atoms with Crippen LogP contribution in [0.25, 0.3) is 0 Å². The number of hydrogen-bond donors (Lipinski definition) is 2. The first-order valence-corrected chi connectivity index (χ1v) is 7.12. The van der Waals surface area contributed by atoms with E-state index in [0.29, 0.717) is 5.56 Å². The number of nitrogens with zero attached hydrogens (tertiary/aromatic N) is 1. The van der Waals surface area contributed by atoms with E-state index in [2.05, 4.69) is 10.3 Å². The van der Waals surface area contributed by atoms with Gasteiger partial charge in [-0.15, -0.1) is 0 Å². The Morgan fingerprint density at radius 1 is 1.05 bits per heavy atom. The fourth-order valence-corrected chi connectivity index (χ4v) is 2.57. The first-order chi connectivity index (χ1) is 9.29. The van der Waals surface area contributed by atoms with Gasteiger partial charge in [-0.25, -0.2) is 5.84 Å². The molecule has 0 unspecified atom stereocenters. The van der Waals surface area contributed by atoms with Crippen molar-refractivity contribution in [3.05, 3.63) is 35.4 Å². The van der Waals surface area contributed by atoms with Crippen molar-refractivity contribution in [2.24, 2.45) is 5.84 Å². The summed E-state index contributed by atoms with van der Waals surface area (Å²) in [5.74, 6) is 4.88. The molecule has 4 heteroatoms. The van der Waals surface area contributed by atoms with E-state index in [1.165, 1.54) is 50.8 Å². The van der Waals surface area contributed by atoms with E-state index in [4.69, 9.17) is 5.84 Å². The van der Waals surface area contributed by atoms with Crippen molar-refractivity contribution in [2.45, 2.75) is 38.6 Å². The number of rotatable bonds is 3. The fraction of sp³-hybridized carbons (Fsp3) is 0.533. The van der Waals surface area contributed by atoms with Gasteiger partial charge in [-0.1, -0.05) is 31.4 Å². The van der Waals surface area contributed by atoms with Crippen molar-refractivity contribution < 1.29 is 4.79 Å². The first kappa shape index (κ1) is 14.0. The molecule has 1 fully saturated rings. The second-order valence-electron chi connectivity index (χ2n) is 5.21. The van der Waals surface area contributed by atoms with Crippen LogP contribution in [0.3, 0.4) is 0 Å². The number of nitrogen functional groups attached to an aromatic ring is 1. The Morgan fingerprint density at radius 2 is 1.63 bits per heavy atom. The molecule has 3 N–H and O–H groups in total. The Hall–Kier alpha value is -1.39. The predicted octanol–water partition coefficient (Wildman–Crippen LogP) is 2.06. The standard InChI is InChI=1S/C15H23N3O/c16-17-15(19)14-8-6-13(7-9-14)12-18-10-4-2-1-3-5-11-18/h6-9H,1-5,10-12,16H2,(H,17,19). The van der Waals surface area contributed by atoms with Crippen LogP contribution in [0.1, 0.15) is 48.0 Å². The number of hydrazine groups is 1. The lowest BCUT2D eigenvalue weighted by atomic mass is 10.1. The number of nitrogens with two attached hydrogens (primary N) is 1. The minimum Gasteiger partial charge on any atom is -0.299 e. The molecule has 19 heavy (non-hydrogen) atoms. The molecule has 1 aliphatic rings. The van der Waals surface area contributed by atoms with Gasteiger partial charge in [0.2, 0.25) is 0 Å². The largest absolute Gasteiger partial charge is 0.299 e. The van der Waals surface area contributed by atoms with Crippen LogP contribution >= 0.6 is 0 Å². The fourth-order valence-electron chi connectivity index (χ4n) is 2.57. The number of carbonyl (C=O) groups excluding carboxylic acids is 1.